The number of aromatic carboxylic acids is 1. The van der Waals surface area contributed by atoms with Crippen LogP contribution in [0.3, 0.4) is 0 Å². The van der Waals surface area contributed by atoms with Crippen LogP contribution >= 0.6 is 11.6 Å². The van der Waals surface area contributed by atoms with Gasteiger partial charge in [0, 0.05) is 10.6 Å². The maximum atomic E-state index is 11.7. The summed E-state index contributed by atoms with van der Waals surface area (Å²) in [7, 11) is 1.49. The fourth-order valence-corrected chi connectivity index (χ4v) is 2.71. The average Bonchev–Trinajstić information content (AvgIpc) is 2.59. The normalized spacial score (nSPS) is 10.9. The molecule has 26 heavy (non-hydrogen) atoms. The highest BCUT2D eigenvalue weighted by Crippen LogP contribution is 2.36. The number of rotatable bonds is 7. The van der Waals surface area contributed by atoms with Crippen LogP contribution in [0, 0.1) is 0 Å². The summed E-state index contributed by atoms with van der Waals surface area (Å²) in [5.74, 6) is -1.02. The predicted molar refractivity (Wildman–Crippen MR) is 105 cm³/mol. The minimum absolute atomic E-state index is 0.146. The van der Waals surface area contributed by atoms with Crippen molar-refractivity contribution in [2.75, 3.05) is 7.11 Å². The number of hydrogen-bond acceptors (Lipinski definition) is 3. The third-order valence-corrected chi connectivity index (χ3v) is 4.21. The van der Waals surface area contributed by atoms with Gasteiger partial charge in [-0.3, -0.25) is 0 Å². The van der Waals surface area contributed by atoms with Crippen LogP contribution in [0.15, 0.2) is 42.5 Å². The maximum absolute atomic E-state index is 11.7. The molecule has 0 spiro atoms. The zero-order valence-electron chi connectivity index (χ0n) is 14.8. The van der Waals surface area contributed by atoms with E-state index in [2.05, 4.69) is 6.58 Å². The van der Waals surface area contributed by atoms with Crippen LogP contribution in [0.1, 0.15) is 40.4 Å². The van der Waals surface area contributed by atoms with Gasteiger partial charge in [0.2, 0.25) is 0 Å². The van der Waals surface area contributed by atoms with Gasteiger partial charge in [0.1, 0.15) is 17.1 Å². The summed E-state index contributed by atoms with van der Waals surface area (Å²) in [4.78, 5) is 11.7. The van der Waals surface area contributed by atoms with E-state index in [9.17, 15) is 15.0 Å². The molecule has 0 amide bonds. The van der Waals surface area contributed by atoms with E-state index in [0.29, 0.717) is 34.7 Å². The molecule has 0 radical (unpaired) electrons. The summed E-state index contributed by atoms with van der Waals surface area (Å²) in [6, 6.07) is 8.76. The second-order valence-corrected chi connectivity index (χ2v) is 6.45. The Morgan fingerprint density at radius 1 is 1.27 bits per heavy atom. The molecule has 2 N–H and O–H groups in total. The van der Waals surface area contributed by atoms with Crippen molar-refractivity contribution in [3.8, 4) is 11.5 Å². The van der Waals surface area contributed by atoms with Gasteiger partial charge in [-0.25, -0.2) is 4.79 Å². The molecule has 2 rings (SSSR count). The Hall–Kier alpha value is -2.72. The van der Waals surface area contributed by atoms with E-state index in [-0.39, 0.29) is 11.3 Å². The Morgan fingerprint density at radius 3 is 2.46 bits per heavy atom. The van der Waals surface area contributed by atoms with Crippen molar-refractivity contribution in [3.63, 3.8) is 0 Å². The number of methoxy groups -OCH3 is 1. The average molecular weight is 373 g/mol. The number of carboxylic acids is 1. The fourth-order valence-electron chi connectivity index (χ4n) is 2.58. The molecule has 0 heterocycles. The number of allylic oxidation sites excluding steroid dienone is 1. The first-order valence-electron chi connectivity index (χ1n) is 8.07. The molecule has 0 saturated heterocycles. The van der Waals surface area contributed by atoms with Crippen molar-refractivity contribution in [1.82, 2.24) is 0 Å². The monoisotopic (exact) mass is 372 g/mol. The third-order valence-electron chi connectivity index (χ3n) is 3.96. The molecule has 0 fully saturated rings. The Kier molecular flexibility index (Phi) is 6.47. The molecule has 0 aliphatic rings. The van der Waals surface area contributed by atoms with Gasteiger partial charge in [0.15, 0.2) is 0 Å². The van der Waals surface area contributed by atoms with Crippen LogP contribution in [0.2, 0.25) is 5.02 Å². The Bertz CT molecular complexity index is 851. The highest BCUT2D eigenvalue weighted by Gasteiger charge is 2.21. The SMILES string of the molecule is C=C(C)CCc1c(OC)cc(/C=C/c2ccc(Cl)cc2)c(C(=O)O)c1O. The van der Waals surface area contributed by atoms with E-state index in [4.69, 9.17) is 16.3 Å². The molecule has 0 unspecified atom stereocenters. The van der Waals surface area contributed by atoms with Gasteiger partial charge in [0.25, 0.3) is 0 Å². The number of ether oxygens (including phenoxy) is 1. The van der Waals surface area contributed by atoms with E-state index in [1.165, 1.54) is 7.11 Å². The lowest BCUT2D eigenvalue weighted by atomic mass is 9.96. The van der Waals surface area contributed by atoms with Crippen LogP contribution in [0.25, 0.3) is 12.2 Å². The van der Waals surface area contributed by atoms with Gasteiger partial charge in [-0.1, -0.05) is 41.5 Å². The van der Waals surface area contributed by atoms with Crippen LogP contribution < -0.4 is 4.74 Å². The first kappa shape index (κ1) is 19.6. The molecular weight excluding hydrogens is 352 g/mol. The highest BCUT2D eigenvalue weighted by molar-refractivity contribution is 6.30. The first-order valence-corrected chi connectivity index (χ1v) is 8.45. The number of aromatic hydroxyl groups is 1. The van der Waals surface area contributed by atoms with E-state index >= 15 is 0 Å². The summed E-state index contributed by atoms with van der Waals surface area (Å²) in [5, 5.41) is 20.8. The summed E-state index contributed by atoms with van der Waals surface area (Å²) in [6.07, 6.45) is 4.47. The molecular formula is C21H21ClO4. The van der Waals surface area contributed by atoms with Gasteiger partial charge in [-0.2, -0.15) is 0 Å². The summed E-state index contributed by atoms with van der Waals surface area (Å²) in [5.41, 5.74) is 2.48. The van der Waals surface area contributed by atoms with Crippen molar-refractivity contribution < 1.29 is 19.7 Å². The molecule has 0 aliphatic heterocycles. The topological polar surface area (TPSA) is 66.8 Å². The largest absolute Gasteiger partial charge is 0.507 e. The zero-order valence-corrected chi connectivity index (χ0v) is 15.5. The molecule has 136 valence electrons. The molecule has 0 bridgehead atoms. The molecule has 4 nitrogen and oxygen atoms in total. The Morgan fingerprint density at radius 2 is 1.92 bits per heavy atom. The number of hydrogen-bond donors (Lipinski definition) is 2. The van der Waals surface area contributed by atoms with Crippen molar-refractivity contribution in [2.45, 2.75) is 19.8 Å². The quantitative estimate of drug-likeness (QED) is 0.502. The zero-order chi connectivity index (χ0) is 19.3. The molecule has 0 aliphatic carbocycles. The number of phenols is 1. The predicted octanol–water partition coefficient (Wildman–Crippen LogP) is 5.43. The van der Waals surface area contributed by atoms with Crippen molar-refractivity contribution >= 4 is 29.7 Å². The van der Waals surface area contributed by atoms with Crippen molar-refractivity contribution in [3.05, 3.63) is 69.8 Å². The van der Waals surface area contributed by atoms with Gasteiger partial charge < -0.3 is 14.9 Å². The number of benzene rings is 2. The van der Waals surface area contributed by atoms with Gasteiger partial charge >= 0.3 is 5.97 Å². The first-order chi connectivity index (χ1) is 12.3. The van der Waals surface area contributed by atoms with Crippen LogP contribution in [0.5, 0.6) is 11.5 Å². The molecule has 5 heteroatoms. The van der Waals surface area contributed by atoms with E-state index in [1.54, 1.807) is 30.4 Å². The lowest BCUT2D eigenvalue weighted by Crippen LogP contribution is -2.05. The smallest absolute Gasteiger partial charge is 0.340 e. The van der Waals surface area contributed by atoms with Gasteiger partial charge in [0.05, 0.1) is 7.11 Å². The molecule has 2 aromatic carbocycles. The van der Waals surface area contributed by atoms with Crippen LogP contribution in [-0.2, 0) is 6.42 Å². The lowest BCUT2D eigenvalue weighted by molar-refractivity contribution is 0.0693. The highest BCUT2D eigenvalue weighted by atomic mass is 35.5. The maximum Gasteiger partial charge on any atom is 0.340 e. The van der Waals surface area contributed by atoms with Crippen molar-refractivity contribution in [1.29, 1.82) is 0 Å². The van der Waals surface area contributed by atoms with Crippen LogP contribution in [0.4, 0.5) is 0 Å². The van der Waals surface area contributed by atoms with E-state index in [0.717, 1.165) is 11.1 Å². The minimum Gasteiger partial charge on any atom is -0.507 e. The van der Waals surface area contributed by atoms with E-state index < -0.39 is 5.97 Å². The summed E-state index contributed by atoms with van der Waals surface area (Å²) < 4.78 is 5.37. The Balaban J connectivity index is 2.50. The summed E-state index contributed by atoms with van der Waals surface area (Å²) in [6.45, 7) is 5.72. The van der Waals surface area contributed by atoms with E-state index in [1.807, 2.05) is 19.1 Å². The fraction of sp³-hybridized carbons (Fsp3) is 0.190. The minimum atomic E-state index is -1.20. The number of carboxylic acid groups (broad SMARTS) is 1. The van der Waals surface area contributed by atoms with Gasteiger partial charge in [-0.15, -0.1) is 6.58 Å². The summed E-state index contributed by atoms with van der Waals surface area (Å²) >= 11 is 5.87. The molecule has 0 saturated carbocycles. The molecule has 0 atom stereocenters. The Labute approximate surface area is 158 Å². The van der Waals surface area contributed by atoms with Crippen molar-refractivity contribution in [2.24, 2.45) is 0 Å². The number of halogens is 1. The van der Waals surface area contributed by atoms with Crippen LogP contribution in [-0.4, -0.2) is 23.3 Å². The second kappa shape index (κ2) is 8.59. The standard InChI is InChI=1S/C21H21ClO4/c1-13(2)4-11-17-18(26-3)12-15(19(20(17)23)21(24)25)8-5-14-6-9-16(22)10-7-14/h5-10,12,23H,1,4,11H2,2-3H3,(H,24,25)/b8-5+. The lowest BCUT2D eigenvalue weighted by Gasteiger charge is -2.15. The number of carbonyl (C=O) groups is 1. The molecule has 2 aromatic rings. The third kappa shape index (κ3) is 4.67. The van der Waals surface area contributed by atoms with Gasteiger partial charge in [-0.05, 0) is 49.1 Å². The second-order valence-electron chi connectivity index (χ2n) is 6.02. The molecule has 0 aromatic heterocycles.